The number of carboxylic acid groups (broad SMARTS) is 1. The summed E-state index contributed by atoms with van der Waals surface area (Å²) < 4.78 is 5.67. The lowest BCUT2D eigenvalue weighted by Crippen LogP contribution is -2.05. The average molecular weight is 254 g/mol. The quantitative estimate of drug-likeness (QED) is 0.893. The van der Waals surface area contributed by atoms with Crippen molar-refractivity contribution in [3.05, 3.63) is 53.6 Å². The lowest BCUT2D eigenvalue weighted by molar-refractivity contribution is 0.0697. The van der Waals surface area contributed by atoms with E-state index in [2.05, 4.69) is 13.0 Å². The van der Waals surface area contributed by atoms with Crippen molar-refractivity contribution in [2.75, 3.05) is 0 Å². The van der Waals surface area contributed by atoms with Gasteiger partial charge in [0.2, 0.25) is 0 Å². The maximum atomic E-state index is 10.8. The summed E-state index contributed by atoms with van der Waals surface area (Å²) in [4.78, 5) is 10.8. The van der Waals surface area contributed by atoms with E-state index in [4.69, 9.17) is 9.84 Å². The van der Waals surface area contributed by atoms with Gasteiger partial charge >= 0.3 is 5.97 Å². The molecule has 3 heteroatoms. The van der Waals surface area contributed by atoms with Gasteiger partial charge in [-0.1, -0.05) is 18.2 Å². The molecule has 3 nitrogen and oxygen atoms in total. The Morgan fingerprint density at radius 2 is 1.84 bits per heavy atom. The van der Waals surface area contributed by atoms with Crippen LogP contribution < -0.4 is 4.74 Å². The van der Waals surface area contributed by atoms with Crippen LogP contribution in [-0.2, 0) is 6.42 Å². The number of rotatable bonds is 2. The van der Waals surface area contributed by atoms with Gasteiger partial charge in [-0.05, 0) is 47.9 Å². The summed E-state index contributed by atoms with van der Waals surface area (Å²) in [7, 11) is 0. The molecule has 0 spiro atoms. The molecule has 0 aliphatic carbocycles. The Balaban J connectivity index is 1.95. The molecule has 0 amide bonds. The molecule has 1 N–H and O–H groups in total. The zero-order valence-corrected chi connectivity index (χ0v) is 10.6. The van der Waals surface area contributed by atoms with Crippen molar-refractivity contribution in [2.45, 2.75) is 19.4 Å². The summed E-state index contributed by atoms with van der Waals surface area (Å²) in [6, 6.07) is 13.0. The number of benzene rings is 2. The van der Waals surface area contributed by atoms with Crippen LogP contribution in [0.2, 0.25) is 0 Å². The van der Waals surface area contributed by atoms with E-state index in [1.807, 2.05) is 24.3 Å². The van der Waals surface area contributed by atoms with E-state index in [9.17, 15) is 4.79 Å². The van der Waals surface area contributed by atoms with E-state index in [1.165, 1.54) is 5.56 Å². The lowest BCUT2D eigenvalue weighted by Gasteiger charge is -2.05. The van der Waals surface area contributed by atoms with Crippen molar-refractivity contribution in [3.8, 4) is 16.9 Å². The molecule has 0 aromatic heterocycles. The molecule has 0 saturated heterocycles. The summed E-state index contributed by atoms with van der Waals surface area (Å²) >= 11 is 0. The lowest BCUT2D eigenvalue weighted by atomic mass is 10.0. The molecule has 2 aromatic carbocycles. The fraction of sp³-hybridized carbons (Fsp3) is 0.188. The third-order valence-corrected chi connectivity index (χ3v) is 3.36. The Kier molecular flexibility index (Phi) is 2.75. The monoisotopic (exact) mass is 254 g/mol. The fourth-order valence-corrected chi connectivity index (χ4v) is 2.41. The van der Waals surface area contributed by atoms with Crippen LogP contribution >= 0.6 is 0 Å². The topological polar surface area (TPSA) is 46.5 Å². The highest BCUT2D eigenvalue weighted by Crippen LogP contribution is 2.32. The zero-order valence-electron chi connectivity index (χ0n) is 10.6. The minimum Gasteiger partial charge on any atom is -0.490 e. The summed E-state index contributed by atoms with van der Waals surface area (Å²) in [6.07, 6.45) is 1.16. The van der Waals surface area contributed by atoms with E-state index in [0.29, 0.717) is 5.56 Å². The highest BCUT2D eigenvalue weighted by Gasteiger charge is 2.19. The van der Waals surface area contributed by atoms with Crippen LogP contribution in [0.25, 0.3) is 11.1 Å². The molecule has 1 aliphatic heterocycles. The number of carboxylic acids is 1. The van der Waals surface area contributed by atoms with Crippen LogP contribution in [-0.4, -0.2) is 17.2 Å². The summed E-state index contributed by atoms with van der Waals surface area (Å²) in [5.74, 6) is 0.0566. The second-order valence-electron chi connectivity index (χ2n) is 4.84. The van der Waals surface area contributed by atoms with Crippen molar-refractivity contribution >= 4 is 5.97 Å². The van der Waals surface area contributed by atoms with Gasteiger partial charge in [0.05, 0.1) is 5.56 Å². The number of hydrogen-bond acceptors (Lipinski definition) is 2. The Bertz CT molecular complexity index is 629. The molecule has 1 heterocycles. The molecule has 1 aliphatic rings. The molecule has 1 atom stereocenters. The van der Waals surface area contributed by atoms with E-state index >= 15 is 0 Å². The average Bonchev–Trinajstić information content (AvgIpc) is 2.77. The van der Waals surface area contributed by atoms with Gasteiger partial charge in [-0.3, -0.25) is 0 Å². The number of ether oxygens (including phenoxy) is 1. The summed E-state index contributed by atoms with van der Waals surface area (Å²) in [6.45, 7) is 2.06. The van der Waals surface area contributed by atoms with Gasteiger partial charge in [-0.15, -0.1) is 0 Å². The van der Waals surface area contributed by atoms with E-state index in [0.717, 1.165) is 23.3 Å². The van der Waals surface area contributed by atoms with Crippen LogP contribution in [0.15, 0.2) is 42.5 Å². The first-order valence-corrected chi connectivity index (χ1v) is 6.27. The summed E-state index contributed by atoms with van der Waals surface area (Å²) in [5, 5.41) is 8.89. The van der Waals surface area contributed by atoms with Crippen LogP contribution in [0.4, 0.5) is 0 Å². The Hall–Kier alpha value is -2.29. The van der Waals surface area contributed by atoms with Gasteiger partial charge in [-0.2, -0.15) is 0 Å². The molecule has 0 radical (unpaired) electrons. The second kappa shape index (κ2) is 4.43. The molecule has 0 saturated carbocycles. The molecule has 3 rings (SSSR count). The molecular weight excluding hydrogens is 240 g/mol. The Morgan fingerprint density at radius 3 is 2.53 bits per heavy atom. The molecule has 96 valence electrons. The molecule has 1 unspecified atom stereocenters. The molecule has 0 bridgehead atoms. The maximum Gasteiger partial charge on any atom is 0.335 e. The third-order valence-electron chi connectivity index (χ3n) is 3.36. The van der Waals surface area contributed by atoms with Crippen LogP contribution in [0, 0.1) is 0 Å². The van der Waals surface area contributed by atoms with E-state index in [-0.39, 0.29) is 6.10 Å². The van der Waals surface area contributed by atoms with Gasteiger partial charge in [0.15, 0.2) is 0 Å². The van der Waals surface area contributed by atoms with Gasteiger partial charge < -0.3 is 9.84 Å². The first-order chi connectivity index (χ1) is 9.13. The highest BCUT2D eigenvalue weighted by atomic mass is 16.5. The minimum atomic E-state index is -0.900. The number of fused-ring (bicyclic) bond motifs is 1. The highest BCUT2D eigenvalue weighted by molar-refractivity contribution is 5.88. The van der Waals surface area contributed by atoms with Gasteiger partial charge in [0.1, 0.15) is 11.9 Å². The van der Waals surface area contributed by atoms with Crippen LogP contribution in [0.3, 0.4) is 0 Å². The fourth-order valence-electron chi connectivity index (χ4n) is 2.41. The second-order valence-corrected chi connectivity index (χ2v) is 4.84. The van der Waals surface area contributed by atoms with E-state index < -0.39 is 5.97 Å². The van der Waals surface area contributed by atoms with Gasteiger partial charge in [-0.25, -0.2) is 4.79 Å². The van der Waals surface area contributed by atoms with Crippen molar-refractivity contribution in [1.82, 2.24) is 0 Å². The number of hydrogen-bond donors (Lipinski definition) is 1. The smallest absolute Gasteiger partial charge is 0.335 e. The standard InChI is InChI=1S/C16H14O3/c1-10-8-14-9-13(6-7-15(14)19-10)11-2-4-12(5-3-11)16(17)18/h2-7,9-10H,8H2,1H3,(H,17,18). The largest absolute Gasteiger partial charge is 0.490 e. The van der Waals surface area contributed by atoms with E-state index in [1.54, 1.807) is 12.1 Å². The number of carbonyl (C=O) groups is 1. The van der Waals surface area contributed by atoms with Crippen LogP contribution in [0.5, 0.6) is 5.75 Å². The molecule has 19 heavy (non-hydrogen) atoms. The Morgan fingerprint density at radius 1 is 1.16 bits per heavy atom. The first kappa shape index (κ1) is 11.8. The Labute approximate surface area is 111 Å². The molecular formula is C16H14O3. The predicted molar refractivity (Wildman–Crippen MR) is 72.6 cm³/mol. The van der Waals surface area contributed by atoms with Crippen molar-refractivity contribution in [3.63, 3.8) is 0 Å². The number of aromatic carboxylic acids is 1. The summed E-state index contributed by atoms with van der Waals surface area (Å²) in [5.41, 5.74) is 3.63. The van der Waals surface area contributed by atoms with Crippen molar-refractivity contribution < 1.29 is 14.6 Å². The predicted octanol–water partition coefficient (Wildman–Crippen LogP) is 3.38. The minimum absolute atomic E-state index is 0.236. The van der Waals surface area contributed by atoms with Crippen LogP contribution in [0.1, 0.15) is 22.8 Å². The van der Waals surface area contributed by atoms with Gasteiger partial charge in [0, 0.05) is 6.42 Å². The van der Waals surface area contributed by atoms with Gasteiger partial charge in [0.25, 0.3) is 0 Å². The maximum absolute atomic E-state index is 10.8. The first-order valence-electron chi connectivity index (χ1n) is 6.27. The normalized spacial score (nSPS) is 16.8. The molecule has 2 aromatic rings. The van der Waals surface area contributed by atoms with Crippen molar-refractivity contribution in [2.24, 2.45) is 0 Å². The third kappa shape index (κ3) is 2.19. The SMILES string of the molecule is CC1Cc2cc(-c3ccc(C(=O)O)cc3)ccc2O1. The molecule has 0 fully saturated rings. The van der Waals surface area contributed by atoms with Crippen molar-refractivity contribution in [1.29, 1.82) is 0 Å². The zero-order chi connectivity index (χ0) is 13.4.